The number of aromatic nitrogens is 3. The molecule has 1 aliphatic rings. The van der Waals surface area contributed by atoms with E-state index in [1.807, 2.05) is 13.0 Å². The number of piperidine rings is 1. The highest BCUT2D eigenvalue weighted by atomic mass is 32.1. The average Bonchev–Trinajstić information content (AvgIpc) is 3.53. The molecule has 1 atom stereocenters. The minimum atomic E-state index is -4.44. The van der Waals surface area contributed by atoms with E-state index >= 15 is 0 Å². The number of likely N-dealkylation sites (tertiary alicyclic amines) is 1. The molecule has 4 aromatic rings. The van der Waals surface area contributed by atoms with Crippen LogP contribution in [-0.2, 0) is 19.5 Å². The third-order valence-corrected chi connectivity index (χ3v) is 9.47. The summed E-state index contributed by atoms with van der Waals surface area (Å²) < 4.78 is 81.8. The van der Waals surface area contributed by atoms with Crippen LogP contribution in [-0.4, -0.2) is 75.5 Å². The Bertz CT molecular complexity index is 1660. The summed E-state index contributed by atoms with van der Waals surface area (Å²) in [5.41, 5.74) is 2.77. The average molecular weight is 638 g/mol. The fourth-order valence-corrected chi connectivity index (χ4v) is 6.87. The number of fused-ring (bicyclic) bond motifs is 2. The number of thiophene rings is 1. The first-order valence-electron chi connectivity index (χ1n) is 14.3. The van der Waals surface area contributed by atoms with Gasteiger partial charge >= 0.3 is 12.4 Å². The Morgan fingerprint density at radius 2 is 1.84 bits per heavy atom. The number of nitrogens with one attached hydrogen (secondary N) is 1. The molecule has 1 aromatic carbocycles. The largest absolute Gasteiger partial charge is 0.405 e. The summed E-state index contributed by atoms with van der Waals surface area (Å²) in [5, 5.41) is 14.5. The lowest BCUT2D eigenvalue weighted by molar-refractivity contribution is -0.183. The summed E-state index contributed by atoms with van der Waals surface area (Å²) in [4.78, 5) is 12.7. The third kappa shape index (κ3) is 6.95. The van der Waals surface area contributed by atoms with Crippen molar-refractivity contribution in [2.24, 2.45) is 0 Å². The first kappa shape index (κ1) is 32.0. The predicted molar refractivity (Wildman–Crippen MR) is 159 cm³/mol. The number of anilines is 1. The summed E-state index contributed by atoms with van der Waals surface area (Å²) >= 11 is 1.02. The summed E-state index contributed by atoms with van der Waals surface area (Å²) in [6, 6.07) is 7.38. The van der Waals surface area contributed by atoms with Crippen molar-refractivity contribution in [1.29, 1.82) is 5.26 Å². The molecule has 5 rings (SSSR count). The Balaban J connectivity index is 1.27. The summed E-state index contributed by atoms with van der Waals surface area (Å²) in [6.07, 6.45) is -6.77. The molecular formula is C30H33F6N7S. The topological polar surface area (TPSA) is 73.0 Å². The Morgan fingerprint density at radius 3 is 2.48 bits per heavy atom. The first-order valence-corrected chi connectivity index (χ1v) is 15.2. The van der Waals surface area contributed by atoms with Gasteiger partial charge in [-0.1, -0.05) is 13.0 Å². The zero-order valence-corrected chi connectivity index (χ0v) is 25.4. The van der Waals surface area contributed by atoms with Gasteiger partial charge in [-0.15, -0.1) is 11.3 Å². The molecule has 3 aromatic heterocycles. The van der Waals surface area contributed by atoms with E-state index in [0.29, 0.717) is 28.1 Å². The molecule has 1 aliphatic heterocycles. The van der Waals surface area contributed by atoms with Crippen molar-refractivity contribution in [3.63, 3.8) is 0 Å². The maximum absolute atomic E-state index is 13.9. The van der Waals surface area contributed by atoms with Gasteiger partial charge in [0.05, 0.1) is 11.8 Å². The fourth-order valence-electron chi connectivity index (χ4n) is 5.84. The van der Waals surface area contributed by atoms with Gasteiger partial charge in [0.15, 0.2) is 0 Å². The molecule has 7 nitrogen and oxygen atoms in total. The standard InChI is InChI=1S/C30H33F6N7S/c1-4-41(3)26(30(34,35)36)16-43-21(14-37)11-23-18(2)19(5-6-25(23)43)15-42-9-7-20(8-10-42)40-27-24-12-22(13-29(31,32)33)44-28(24)39-17-38-27/h5-6,11-12,17,20,26H,4,7-10,13,15-16H2,1-3H3,(H,38,39,40). The summed E-state index contributed by atoms with van der Waals surface area (Å²) in [6.45, 7) is 5.65. The molecule has 236 valence electrons. The molecule has 1 saturated heterocycles. The van der Waals surface area contributed by atoms with Gasteiger partial charge in [-0.3, -0.25) is 9.80 Å². The molecule has 4 heterocycles. The third-order valence-electron chi connectivity index (χ3n) is 8.42. The molecule has 1 fully saturated rings. The van der Waals surface area contributed by atoms with Gasteiger partial charge in [0.25, 0.3) is 0 Å². The van der Waals surface area contributed by atoms with Crippen LogP contribution in [0, 0.1) is 18.3 Å². The van der Waals surface area contributed by atoms with Crippen LogP contribution in [0.1, 0.15) is 41.5 Å². The van der Waals surface area contributed by atoms with E-state index in [1.54, 1.807) is 19.1 Å². The molecule has 0 amide bonds. The van der Waals surface area contributed by atoms with Crippen molar-refractivity contribution in [2.75, 3.05) is 32.0 Å². The Hall–Kier alpha value is -3.41. The maximum Gasteiger partial charge on any atom is 0.405 e. The molecule has 14 heteroatoms. The van der Waals surface area contributed by atoms with E-state index in [2.05, 4.69) is 26.3 Å². The lowest BCUT2D eigenvalue weighted by atomic mass is 10.0. The molecule has 44 heavy (non-hydrogen) atoms. The van der Waals surface area contributed by atoms with Crippen molar-refractivity contribution in [2.45, 2.75) is 70.6 Å². The van der Waals surface area contributed by atoms with Crippen LogP contribution in [0.3, 0.4) is 0 Å². The summed E-state index contributed by atoms with van der Waals surface area (Å²) in [7, 11) is 1.43. The Labute approximate surface area is 255 Å². The number of halogens is 6. The number of hydrogen-bond donors (Lipinski definition) is 1. The van der Waals surface area contributed by atoms with E-state index in [0.717, 1.165) is 53.8 Å². The van der Waals surface area contributed by atoms with Gasteiger partial charge in [0, 0.05) is 48.0 Å². The number of rotatable bonds is 9. The van der Waals surface area contributed by atoms with Crippen molar-refractivity contribution >= 4 is 38.3 Å². The van der Waals surface area contributed by atoms with Crippen molar-refractivity contribution in [3.05, 3.63) is 52.3 Å². The van der Waals surface area contributed by atoms with Crippen LogP contribution in [0.2, 0.25) is 0 Å². The number of benzene rings is 1. The fraction of sp³-hybridized carbons (Fsp3) is 0.500. The van der Waals surface area contributed by atoms with E-state index in [-0.39, 0.29) is 29.7 Å². The number of likely N-dealkylation sites (N-methyl/N-ethyl adjacent to an activating group) is 1. The second kappa shape index (κ2) is 12.5. The van der Waals surface area contributed by atoms with Crippen molar-refractivity contribution in [1.82, 2.24) is 24.3 Å². The van der Waals surface area contributed by atoms with E-state index < -0.39 is 24.8 Å². The normalized spacial score (nSPS) is 16.2. The zero-order chi connectivity index (χ0) is 31.8. The van der Waals surface area contributed by atoms with Crippen LogP contribution in [0.15, 0.2) is 30.6 Å². The lowest BCUT2D eigenvalue weighted by Gasteiger charge is -2.33. The number of alkyl halides is 6. The molecule has 1 unspecified atom stereocenters. The van der Waals surface area contributed by atoms with Crippen LogP contribution in [0.4, 0.5) is 32.2 Å². The molecular weight excluding hydrogens is 604 g/mol. The highest BCUT2D eigenvalue weighted by Gasteiger charge is 2.42. The number of aryl methyl sites for hydroxylation is 1. The molecule has 1 N–H and O–H groups in total. The Morgan fingerprint density at radius 1 is 1.11 bits per heavy atom. The van der Waals surface area contributed by atoms with Crippen LogP contribution in [0.5, 0.6) is 0 Å². The number of nitriles is 1. The van der Waals surface area contributed by atoms with Gasteiger partial charge < -0.3 is 9.88 Å². The van der Waals surface area contributed by atoms with Gasteiger partial charge in [0.2, 0.25) is 0 Å². The highest BCUT2D eigenvalue weighted by molar-refractivity contribution is 7.18. The van der Waals surface area contributed by atoms with Gasteiger partial charge in [-0.25, -0.2) is 9.97 Å². The molecule has 0 spiro atoms. The predicted octanol–water partition coefficient (Wildman–Crippen LogP) is 6.89. The SMILES string of the molecule is CCN(C)C(Cn1c(C#N)cc2c(C)c(CN3CCC(Nc4ncnc5sc(CC(F)(F)F)cc45)CC3)ccc21)C(F)(F)F. The quantitative estimate of drug-likeness (QED) is 0.202. The summed E-state index contributed by atoms with van der Waals surface area (Å²) in [5.74, 6) is 0.537. The first-order chi connectivity index (χ1) is 20.8. The lowest BCUT2D eigenvalue weighted by Crippen LogP contribution is -2.46. The minimum absolute atomic E-state index is 0.0916. The van der Waals surface area contributed by atoms with Crippen molar-refractivity contribution < 1.29 is 26.3 Å². The second-order valence-electron chi connectivity index (χ2n) is 11.3. The monoisotopic (exact) mass is 637 g/mol. The van der Waals surface area contributed by atoms with E-state index in [1.165, 1.54) is 28.9 Å². The van der Waals surface area contributed by atoms with Crippen LogP contribution < -0.4 is 5.32 Å². The van der Waals surface area contributed by atoms with Crippen LogP contribution >= 0.6 is 11.3 Å². The maximum atomic E-state index is 13.9. The highest BCUT2D eigenvalue weighted by Crippen LogP contribution is 2.34. The molecule has 0 aliphatic carbocycles. The molecule has 0 bridgehead atoms. The van der Waals surface area contributed by atoms with E-state index in [4.69, 9.17) is 0 Å². The zero-order valence-electron chi connectivity index (χ0n) is 24.6. The Kier molecular flexibility index (Phi) is 9.11. The molecule has 0 radical (unpaired) electrons. The second-order valence-corrected chi connectivity index (χ2v) is 12.4. The molecule has 0 saturated carbocycles. The van der Waals surface area contributed by atoms with E-state index in [9.17, 15) is 31.6 Å². The van der Waals surface area contributed by atoms with Gasteiger partial charge in [0.1, 0.15) is 34.8 Å². The van der Waals surface area contributed by atoms with Crippen LogP contribution in [0.25, 0.3) is 21.1 Å². The van der Waals surface area contributed by atoms with Gasteiger partial charge in [-0.05, 0) is 62.7 Å². The number of nitrogens with zero attached hydrogens (tertiary/aromatic N) is 6. The van der Waals surface area contributed by atoms with Crippen molar-refractivity contribution in [3.8, 4) is 6.07 Å². The van der Waals surface area contributed by atoms with Gasteiger partial charge in [-0.2, -0.15) is 31.6 Å². The number of hydrogen-bond acceptors (Lipinski definition) is 7. The minimum Gasteiger partial charge on any atom is -0.367 e. The smallest absolute Gasteiger partial charge is 0.367 e.